The molecule has 18 heavy (non-hydrogen) atoms. The van der Waals surface area contributed by atoms with Crippen LogP contribution in [-0.2, 0) is 11.2 Å². The van der Waals surface area contributed by atoms with Gasteiger partial charge >= 0.3 is 12.0 Å². The summed E-state index contributed by atoms with van der Waals surface area (Å²) >= 11 is 0. The maximum atomic E-state index is 11.4. The SMILES string of the molecule is C=C(C)CNC(=O)NC(Cc1cnc[nH]1)C(=O)O. The molecule has 0 aromatic carbocycles. The second kappa shape index (κ2) is 6.43. The number of carbonyl (C=O) groups is 2. The van der Waals surface area contributed by atoms with E-state index in [9.17, 15) is 9.59 Å². The minimum absolute atomic E-state index is 0.149. The van der Waals surface area contributed by atoms with E-state index in [1.165, 1.54) is 12.5 Å². The molecule has 0 fully saturated rings. The van der Waals surface area contributed by atoms with Crippen LogP contribution in [0.3, 0.4) is 0 Å². The van der Waals surface area contributed by atoms with Crippen molar-refractivity contribution in [3.63, 3.8) is 0 Å². The van der Waals surface area contributed by atoms with E-state index in [4.69, 9.17) is 5.11 Å². The lowest BCUT2D eigenvalue weighted by atomic mass is 10.2. The van der Waals surface area contributed by atoms with Gasteiger partial charge in [0.25, 0.3) is 0 Å². The fraction of sp³-hybridized carbons (Fsp3) is 0.364. The predicted molar refractivity (Wildman–Crippen MR) is 65.1 cm³/mol. The summed E-state index contributed by atoms with van der Waals surface area (Å²) in [5, 5.41) is 13.9. The number of hydrogen-bond donors (Lipinski definition) is 4. The van der Waals surface area contributed by atoms with Gasteiger partial charge in [0.1, 0.15) is 6.04 Å². The van der Waals surface area contributed by atoms with E-state index in [0.29, 0.717) is 12.2 Å². The number of nitrogens with zero attached hydrogens (tertiary/aromatic N) is 1. The van der Waals surface area contributed by atoms with Crippen molar-refractivity contribution in [2.24, 2.45) is 0 Å². The number of imidazole rings is 1. The highest BCUT2D eigenvalue weighted by atomic mass is 16.4. The minimum Gasteiger partial charge on any atom is -0.480 e. The number of hydrogen-bond acceptors (Lipinski definition) is 3. The summed E-state index contributed by atoms with van der Waals surface area (Å²) in [5.74, 6) is -1.10. The topological polar surface area (TPSA) is 107 Å². The number of aromatic amines is 1. The van der Waals surface area contributed by atoms with E-state index in [1.54, 1.807) is 6.92 Å². The van der Waals surface area contributed by atoms with E-state index in [2.05, 4.69) is 27.2 Å². The van der Waals surface area contributed by atoms with Crippen LogP contribution in [0.1, 0.15) is 12.6 Å². The molecule has 4 N–H and O–H groups in total. The molecule has 98 valence electrons. The van der Waals surface area contributed by atoms with Crippen LogP contribution in [0.25, 0.3) is 0 Å². The van der Waals surface area contributed by atoms with Gasteiger partial charge in [0.15, 0.2) is 0 Å². The van der Waals surface area contributed by atoms with Crippen molar-refractivity contribution < 1.29 is 14.7 Å². The van der Waals surface area contributed by atoms with Gasteiger partial charge < -0.3 is 20.7 Å². The molecule has 0 bridgehead atoms. The molecule has 0 saturated heterocycles. The largest absolute Gasteiger partial charge is 0.480 e. The predicted octanol–water partition coefficient (Wildman–Crippen LogP) is 0.281. The van der Waals surface area contributed by atoms with Gasteiger partial charge in [-0.25, -0.2) is 14.6 Å². The smallest absolute Gasteiger partial charge is 0.326 e. The van der Waals surface area contributed by atoms with E-state index >= 15 is 0 Å². The van der Waals surface area contributed by atoms with Crippen molar-refractivity contribution >= 4 is 12.0 Å². The molecule has 0 spiro atoms. The first-order chi connectivity index (χ1) is 8.49. The molecule has 0 radical (unpaired) electrons. The fourth-order valence-corrected chi connectivity index (χ4v) is 1.26. The summed E-state index contributed by atoms with van der Waals surface area (Å²) in [7, 11) is 0. The highest BCUT2D eigenvalue weighted by molar-refractivity contribution is 5.82. The fourth-order valence-electron chi connectivity index (χ4n) is 1.26. The van der Waals surface area contributed by atoms with Crippen LogP contribution in [0.2, 0.25) is 0 Å². The minimum atomic E-state index is -1.10. The Morgan fingerprint density at radius 1 is 1.61 bits per heavy atom. The van der Waals surface area contributed by atoms with Crippen molar-refractivity contribution in [2.45, 2.75) is 19.4 Å². The summed E-state index contributed by atoms with van der Waals surface area (Å²) < 4.78 is 0. The molecule has 1 atom stereocenters. The average Bonchev–Trinajstić information content (AvgIpc) is 2.78. The van der Waals surface area contributed by atoms with Gasteiger partial charge in [-0.15, -0.1) is 0 Å². The Morgan fingerprint density at radius 2 is 2.33 bits per heavy atom. The van der Waals surface area contributed by atoms with Crippen LogP contribution in [0, 0.1) is 0 Å². The van der Waals surface area contributed by atoms with Gasteiger partial charge in [-0.05, 0) is 6.92 Å². The molecule has 1 aromatic heterocycles. The summed E-state index contributed by atoms with van der Waals surface area (Å²) in [5.41, 5.74) is 1.42. The third-order valence-electron chi connectivity index (χ3n) is 2.13. The first kappa shape index (κ1) is 13.8. The Kier molecular flexibility index (Phi) is 4.91. The highest BCUT2D eigenvalue weighted by Gasteiger charge is 2.20. The molecule has 0 aliphatic heterocycles. The zero-order valence-electron chi connectivity index (χ0n) is 10.1. The van der Waals surface area contributed by atoms with E-state index in [0.717, 1.165) is 5.57 Å². The lowest BCUT2D eigenvalue weighted by Gasteiger charge is -2.14. The average molecular weight is 252 g/mol. The molecular weight excluding hydrogens is 236 g/mol. The summed E-state index contributed by atoms with van der Waals surface area (Å²) in [4.78, 5) is 29.0. The number of amides is 2. The highest BCUT2D eigenvalue weighted by Crippen LogP contribution is 1.98. The number of rotatable bonds is 6. The van der Waals surface area contributed by atoms with Crippen LogP contribution < -0.4 is 10.6 Å². The molecule has 1 rings (SSSR count). The maximum Gasteiger partial charge on any atom is 0.326 e. The van der Waals surface area contributed by atoms with Crippen molar-refractivity contribution in [3.05, 3.63) is 30.4 Å². The number of urea groups is 1. The summed E-state index contributed by atoms with van der Waals surface area (Å²) in [6.45, 7) is 5.70. The molecule has 7 nitrogen and oxygen atoms in total. The maximum absolute atomic E-state index is 11.4. The van der Waals surface area contributed by atoms with E-state index < -0.39 is 18.0 Å². The van der Waals surface area contributed by atoms with Gasteiger partial charge in [0.05, 0.1) is 6.33 Å². The third-order valence-corrected chi connectivity index (χ3v) is 2.13. The molecule has 2 amide bonds. The first-order valence-corrected chi connectivity index (χ1v) is 5.38. The molecular formula is C11H16N4O3. The Balaban J connectivity index is 2.50. The number of carbonyl (C=O) groups excluding carboxylic acids is 1. The molecule has 1 heterocycles. The number of aromatic nitrogens is 2. The van der Waals surface area contributed by atoms with E-state index in [-0.39, 0.29) is 6.42 Å². The van der Waals surface area contributed by atoms with Crippen LogP contribution in [0.4, 0.5) is 4.79 Å². The van der Waals surface area contributed by atoms with Crippen LogP contribution in [0.15, 0.2) is 24.7 Å². The van der Waals surface area contributed by atoms with Crippen molar-refractivity contribution in [3.8, 4) is 0 Å². The lowest BCUT2D eigenvalue weighted by Crippen LogP contribution is -2.47. The second-order valence-electron chi connectivity index (χ2n) is 3.96. The number of carboxylic acids is 1. The van der Waals surface area contributed by atoms with Gasteiger partial charge in [0, 0.05) is 24.9 Å². The van der Waals surface area contributed by atoms with Gasteiger partial charge in [-0.2, -0.15) is 0 Å². The molecule has 1 aromatic rings. The molecule has 0 aliphatic carbocycles. The number of carboxylic acid groups (broad SMARTS) is 1. The number of nitrogens with one attached hydrogen (secondary N) is 3. The van der Waals surface area contributed by atoms with Crippen LogP contribution in [0.5, 0.6) is 0 Å². The van der Waals surface area contributed by atoms with Crippen LogP contribution >= 0.6 is 0 Å². The van der Waals surface area contributed by atoms with Crippen LogP contribution in [-0.4, -0.2) is 39.7 Å². The standard InChI is InChI=1S/C11H16N4O3/c1-7(2)4-13-11(18)15-9(10(16)17)3-8-5-12-6-14-8/h5-6,9H,1,3-4H2,2H3,(H,12,14)(H,16,17)(H2,13,15,18). The summed E-state index contributed by atoms with van der Waals surface area (Å²) in [6.07, 6.45) is 3.12. The molecule has 7 heteroatoms. The van der Waals surface area contributed by atoms with Gasteiger partial charge in [-0.1, -0.05) is 12.2 Å². The number of aliphatic carboxylic acids is 1. The zero-order chi connectivity index (χ0) is 13.5. The van der Waals surface area contributed by atoms with Crippen molar-refractivity contribution in [1.29, 1.82) is 0 Å². The second-order valence-corrected chi connectivity index (χ2v) is 3.96. The normalized spacial score (nSPS) is 11.6. The number of H-pyrrole nitrogens is 1. The van der Waals surface area contributed by atoms with Crippen molar-refractivity contribution in [2.75, 3.05) is 6.54 Å². The monoisotopic (exact) mass is 252 g/mol. The quantitative estimate of drug-likeness (QED) is 0.545. The van der Waals surface area contributed by atoms with Gasteiger partial charge in [-0.3, -0.25) is 0 Å². The summed E-state index contributed by atoms with van der Waals surface area (Å²) in [6, 6.07) is -1.54. The Labute approximate surface area is 104 Å². The Hall–Kier alpha value is -2.31. The third kappa shape index (κ3) is 4.69. The Morgan fingerprint density at radius 3 is 2.83 bits per heavy atom. The first-order valence-electron chi connectivity index (χ1n) is 5.38. The molecule has 0 aliphatic rings. The van der Waals surface area contributed by atoms with Gasteiger partial charge in [0.2, 0.25) is 0 Å². The lowest BCUT2D eigenvalue weighted by molar-refractivity contribution is -0.139. The molecule has 1 unspecified atom stereocenters. The Bertz CT molecular complexity index is 428. The zero-order valence-corrected chi connectivity index (χ0v) is 10.1. The molecule has 0 saturated carbocycles. The van der Waals surface area contributed by atoms with E-state index in [1.807, 2.05) is 0 Å². The van der Waals surface area contributed by atoms with Crippen molar-refractivity contribution in [1.82, 2.24) is 20.6 Å².